The van der Waals surface area contributed by atoms with Gasteiger partial charge in [-0.15, -0.1) is 0 Å². The summed E-state index contributed by atoms with van der Waals surface area (Å²) in [6.45, 7) is 12.0. The monoisotopic (exact) mass is 358 g/mol. The molecule has 0 fully saturated rings. The second kappa shape index (κ2) is 9.60. The van der Waals surface area contributed by atoms with Gasteiger partial charge in [-0.2, -0.15) is 0 Å². The summed E-state index contributed by atoms with van der Waals surface area (Å²) in [5.74, 6) is -0.818. The summed E-state index contributed by atoms with van der Waals surface area (Å²) in [6.07, 6.45) is 7.30. The van der Waals surface area contributed by atoms with Crippen molar-refractivity contribution < 1.29 is 19.1 Å². The van der Waals surface area contributed by atoms with Crippen LogP contribution in [-0.2, 0) is 14.3 Å². The van der Waals surface area contributed by atoms with Crippen molar-refractivity contribution in [2.75, 3.05) is 0 Å². The Balaban J connectivity index is 0.000000350. The zero-order valence-corrected chi connectivity index (χ0v) is 16.6. The standard InChI is InChI=1S/C15H24O3.C7H6O/c1-11(2)17-15(18-12(3)4)8-7-13(10-16)9-14(15,5)6;8-6-7-4-2-1-3-5-7/h7-12H,1-6H3;1-6H. The molecule has 26 heavy (non-hydrogen) atoms. The first kappa shape index (κ1) is 22.0. The Morgan fingerprint density at radius 2 is 1.42 bits per heavy atom. The predicted octanol–water partition coefficient (Wildman–Crippen LogP) is 4.75. The number of benzene rings is 1. The molecule has 0 radical (unpaired) electrons. The molecule has 4 heteroatoms. The molecule has 1 aromatic carbocycles. The average Bonchev–Trinajstić information content (AvgIpc) is 2.57. The van der Waals surface area contributed by atoms with Crippen molar-refractivity contribution in [2.45, 2.75) is 59.5 Å². The molecule has 1 aliphatic carbocycles. The van der Waals surface area contributed by atoms with Crippen molar-refractivity contribution in [2.24, 2.45) is 5.41 Å². The molecule has 0 atom stereocenters. The van der Waals surface area contributed by atoms with Crippen LogP contribution in [0.25, 0.3) is 0 Å². The first-order valence-electron chi connectivity index (χ1n) is 8.89. The highest BCUT2D eigenvalue weighted by atomic mass is 16.7. The zero-order chi connectivity index (χ0) is 19.8. The highest BCUT2D eigenvalue weighted by Gasteiger charge is 2.47. The molecule has 0 saturated carbocycles. The van der Waals surface area contributed by atoms with E-state index >= 15 is 0 Å². The van der Waals surface area contributed by atoms with Gasteiger partial charge in [-0.3, -0.25) is 9.59 Å². The second-order valence-corrected chi connectivity index (χ2v) is 7.35. The molecule has 0 aromatic heterocycles. The quantitative estimate of drug-likeness (QED) is 0.544. The third-order valence-electron chi connectivity index (χ3n) is 3.81. The van der Waals surface area contributed by atoms with E-state index in [1.54, 1.807) is 18.2 Å². The van der Waals surface area contributed by atoms with Crippen molar-refractivity contribution in [1.29, 1.82) is 0 Å². The predicted molar refractivity (Wildman–Crippen MR) is 104 cm³/mol. The summed E-state index contributed by atoms with van der Waals surface area (Å²) in [5, 5.41) is 0. The van der Waals surface area contributed by atoms with Crippen LogP contribution in [0.3, 0.4) is 0 Å². The van der Waals surface area contributed by atoms with Crippen molar-refractivity contribution in [3.8, 4) is 0 Å². The molecule has 0 unspecified atom stereocenters. The Morgan fingerprint density at radius 3 is 1.77 bits per heavy atom. The molecular formula is C22H30O4. The van der Waals surface area contributed by atoms with Gasteiger partial charge in [0.1, 0.15) is 12.6 Å². The van der Waals surface area contributed by atoms with Crippen LogP contribution in [0.4, 0.5) is 0 Å². The second-order valence-electron chi connectivity index (χ2n) is 7.35. The van der Waals surface area contributed by atoms with Gasteiger partial charge in [0.15, 0.2) is 5.79 Å². The Labute approximate surface area is 156 Å². The summed E-state index contributed by atoms with van der Waals surface area (Å²) in [6, 6.07) is 9.10. The third kappa shape index (κ3) is 6.04. The summed E-state index contributed by atoms with van der Waals surface area (Å²) in [7, 11) is 0. The minimum absolute atomic E-state index is 0.0406. The lowest BCUT2D eigenvalue weighted by Gasteiger charge is -2.46. The highest BCUT2D eigenvalue weighted by molar-refractivity contribution is 5.78. The van der Waals surface area contributed by atoms with Gasteiger partial charge in [-0.1, -0.05) is 56.3 Å². The molecule has 142 valence electrons. The van der Waals surface area contributed by atoms with Crippen molar-refractivity contribution in [1.82, 2.24) is 0 Å². The minimum Gasteiger partial charge on any atom is -0.343 e. The fourth-order valence-corrected chi connectivity index (χ4v) is 2.70. The van der Waals surface area contributed by atoms with Crippen molar-refractivity contribution in [3.63, 3.8) is 0 Å². The van der Waals surface area contributed by atoms with Gasteiger partial charge >= 0.3 is 0 Å². The number of carbonyl (C=O) groups is 2. The van der Waals surface area contributed by atoms with Crippen LogP contribution in [-0.4, -0.2) is 30.6 Å². The van der Waals surface area contributed by atoms with Crippen LogP contribution in [0, 0.1) is 5.41 Å². The zero-order valence-electron chi connectivity index (χ0n) is 16.6. The van der Waals surface area contributed by atoms with E-state index in [9.17, 15) is 9.59 Å². The first-order chi connectivity index (χ1) is 12.2. The van der Waals surface area contributed by atoms with Crippen LogP contribution in [0.5, 0.6) is 0 Å². The molecule has 1 aliphatic rings. The van der Waals surface area contributed by atoms with Crippen molar-refractivity contribution in [3.05, 3.63) is 59.7 Å². The Kier molecular flexibility index (Phi) is 8.12. The van der Waals surface area contributed by atoms with Gasteiger partial charge in [0, 0.05) is 16.6 Å². The van der Waals surface area contributed by atoms with Crippen LogP contribution in [0.15, 0.2) is 54.1 Å². The average molecular weight is 358 g/mol. The van der Waals surface area contributed by atoms with Gasteiger partial charge in [0.2, 0.25) is 0 Å². The number of rotatable bonds is 6. The Morgan fingerprint density at radius 1 is 0.885 bits per heavy atom. The maximum atomic E-state index is 10.9. The molecule has 0 heterocycles. The lowest BCUT2D eigenvalue weighted by Crippen LogP contribution is -2.51. The molecule has 1 aromatic rings. The van der Waals surface area contributed by atoms with Crippen molar-refractivity contribution >= 4 is 12.6 Å². The Bertz CT molecular complexity index is 629. The fourth-order valence-electron chi connectivity index (χ4n) is 2.70. The van der Waals surface area contributed by atoms with Crippen LogP contribution < -0.4 is 0 Å². The van der Waals surface area contributed by atoms with Crippen LogP contribution in [0.1, 0.15) is 51.9 Å². The molecule has 0 aliphatic heterocycles. The van der Waals surface area contributed by atoms with E-state index in [0.29, 0.717) is 5.57 Å². The van der Waals surface area contributed by atoms with Crippen LogP contribution >= 0.6 is 0 Å². The minimum atomic E-state index is -0.818. The van der Waals surface area contributed by atoms with Gasteiger partial charge in [0.25, 0.3) is 0 Å². The highest BCUT2D eigenvalue weighted by Crippen LogP contribution is 2.43. The largest absolute Gasteiger partial charge is 0.343 e. The molecule has 0 bridgehead atoms. The van der Waals surface area contributed by atoms with Gasteiger partial charge in [-0.25, -0.2) is 0 Å². The molecule has 0 N–H and O–H groups in total. The lowest BCUT2D eigenvalue weighted by atomic mass is 9.77. The number of hydrogen-bond acceptors (Lipinski definition) is 4. The Hall–Kier alpha value is -2.04. The van der Waals surface area contributed by atoms with E-state index < -0.39 is 11.2 Å². The van der Waals surface area contributed by atoms with E-state index in [2.05, 4.69) is 0 Å². The molecule has 2 rings (SSSR count). The smallest absolute Gasteiger partial charge is 0.197 e. The summed E-state index contributed by atoms with van der Waals surface area (Å²) < 4.78 is 12.1. The first-order valence-corrected chi connectivity index (χ1v) is 8.89. The number of carbonyl (C=O) groups excluding carboxylic acids is 2. The van der Waals surface area contributed by atoms with E-state index in [1.807, 2.05) is 71.9 Å². The normalized spacial score (nSPS) is 17.3. The van der Waals surface area contributed by atoms with E-state index in [-0.39, 0.29) is 12.2 Å². The van der Waals surface area contributed by atoms with Crippen LogP contribution in [0.2, 0.25) is 0 Å². The molecule has 0 amide bonds. The molecule has 0 spiro atoms. The summed E-state index contributed by atoms with van der Waals surface area (Å²) >= 11 is 0. The maximum Gasteiger partial charge on any atom is 0.197 e. The maximum absolute atomic E-state index is 10.9. The SMILES string of the molecule is CC(C)OC1(OC(C)C)C=CC(C=O)=CC1(C)C.O=Cc1ccccc1. The van der Waals surface area contributed by atoms with Gasteiger partial charge < -0.3 is 9.47 Å². The van der Waals surface area contributed by atoms with E-state index in [0.717, 1.165) is 18.1 Å². The molecule has 4 nitrogen and oxygen atoms in total. The molecule has 0 saturated heterocycles. The fraction of sp³-hybridized carbons (Fsp3) is 0.455. The lowest BCUT2D eigenvalue weighted by molar-refractivity contribution is -0.279. The number of allylic oxidation sites excluding steroid dienone is 2. The number of ether oxygens (including phenoxy) is 2. The summed E-state index contributed by atoms with van der Waals surface area (Å²) in [4.78, 5) is 20.9. The summed E-state index contributed by atoms with van der Waals surface area (Å²) in [5.41, 5.74) is 0.995. The number of aldehydes is 2. The topological polar surface area (TPSA) is 52.6 Å². The van der Waals surface area contributed by atoms with Gasteiger partial charge in [-0.05, 0) is 33.8 Å². The van der Waals surface area contributed by atoms with E-state index in [1.165, 1.54) is 0 Å². The molecular weight excluding hydrogens is 328 g/mol. The van der Waals surface area contributed by atoms with Gasteiger partial charge in [0.05, 0.1) is 12.2 Å². The third-order valence-corrected chi connectivity index (χ3v) is 3.81. The van der Waals surface area contributed by atoms with E-state index in [4.69, 9.17) is 9.47 Å². The number of hydrogen-bond donors (Lipinski definition) is 0.